The van der Waals surface area contributed by atoms with E-state index < -0.39 is 9.84 Å². The molecule has 5 nitrogen and oxygen atoms in total. The number of hydrogen-bond donors (Lipinski definition) is 2. The van der Waals surface area contributed by atoms with Crippen molar-refractivity contribution in [3.8, 4) is 0 Å². The summed E-state index contributed by atoms with van der Waals surface area (Å²) < 4.78 is 22.4. The molecule has 0 saturated heterocycles. The minimum absolute atomic E-state index is 0.0421. The van der Waals surface area contributed by atoms with Crippen LogP contribution in [0.5, 0.6) is 0 Å². The first-order valence-corrected chi connectivity index (χ1v) is 8.11. The van der Waals surface area contributed by atoms with Gasteiger partial charge in [0.25, 0.3) is 0 Å². The average molecular weight is 274 g/mol. The van der Waals surface area contributed by atoms with Crippen LogP contribution in [-0.4, -0.2) is 38.7 Å². The Morgan fingerprint density at radius 2 is 2.17 bits per heavy atom. The third kappa shape index (κ3) is 5.18. The summed E-state index contributed by atoms with van der Waals surface area (Å²) >= 11 is 0. The Hall–Kier alpha value is -0.880. The highest BCUT2D eigenvalue weighted by Crippen LogP contribution is 2.08. The third-order valence-corrected chi connectivity index (χ3v) is 4.26. The molecule has 1 aliphatic rings. The van der Waals surface area contributed by atoms with Gasteiger partial charge in [-0.1, -0.05) is 25.8 Å². The average Bonchev–Trinajstić information content (AvgIpc) is 2.63. The Morgan fingerprint density at radius 1 is 1.44 bits per heavy atom. The fraction of sp³-hybridized carbons (Fsp3) is 0.750. The summed E-state index contributed by atoms with van der Waals surface area (Å²) in [6, 6.07) is -0.638. The van der Waals surface area contributed by atoms with Crippen molar-refractivity contribution in [3.63, 3.8) is 0 Å². The zero-order chi connectivity index (χ0) is 13.6. The van der Waals surface area contributed by atoms with E-state index in [1.165, 1.54) is 5.41 Å². The Balaban J connectivity index is 2.26. The van der Waals surface area contributed by atoms with Crippen molar-refractivity contribution in [2.24, 2.45) is 0 Å². The first kappa shape index (κ1) is 15.2. The molecule has 1 heterocycles. The Kier molecular flexibility index (Phi) is 5.81. The van der Waals surface area contributed by atoms with Crippen LogP contribution in [0.1, 0.15) is 33.1 Å². The van der Waals surface area contributed by atoms with Crippen LogP contribution in [0.4, 0.5) is 0 Å². The number of hydrogen-bond acceptors (Lipinski definition) is 4. The summed E-state index contributed by atoms with van der Waals surface area (Å²) in [5.74, 6) is -0.0377. The van der Waals surface area contributed by atoms with Gasteiger partial charge in [-0.3, -0.25) is 10.1 Å². The van der Waals surface area contributed by atoms with Gasteiger partial charge in [0.15, 0.2) is 9.84 Å². The smallest absolute Gasteiger partial charge is 0.236 e. The van der Waals surface area contributed by atoms with E-state index in [0.29, 0.717) is 6.54 Å². The molecule has 2 atom stereocenters. The van der Waals surface area contributed by atoms with Gasteiger partial charge in [-0.25, -0.2) is 8.42 Å². The number of carbonyl (C=O) groups excluding carboxylic acids is 1. The van der Waals surface area contributed by atoms with Gasteiger partial charge in [0.1, 0.15) is 0 Å². The number of unbranched alkanes of at least 4 members (excludes halogenated alkanes) is 2. The highest BCUT2D eigenvalue weighted by atomic mass is 32.2. The Labute approximate surface area is 109 Å². The number of carbonyl (C=O) groups is 1. The summed E-state index contributed by atoms with van der Waals surface area (Å²) in [6.07, 6.45) is 4.79. The second-order valence-corrected chi connectivity index (χ2v) is 6.58. The van der Waals surface area contributed by atoms with Crippen LogP contribution in [0, 0.1) is 0 Å². The van der Waals surface area contributed by atoms with E-state index in [0.717, 1.165) is 19.3 Å². The van der Waals surface area contributed by atoms with Crippen molar-refractivity contribution in [1.82, 2.24) is 10.6 Å². The number of sulfone groups is 1. The van der Waals surface area contributed by atoms with Gasteiger partial charge in [-0.15, -0.1) is 0 Å². The van der Waals surface area contributed by atoms with Crippen LogP contribution >= 0.6 is 0 Å². The first-order valence-electron chi connectivity index (χ1n) is 6.39. The van der Waals surface area contributed by atoms with E-state index in [9.17, 15) is 13.2 Å². The lowest BCUT2D eigenvalue weighted by Gasteiger charge is -2.17. The predicted molar refractivity (Wildman–Crippen MR) is 71.8 cm³/mol. The van der Waals surface area contributed by atoms with Crippen molar-refractivity contribution >= 4 is 15.7 Å². The fourth-order valence-corrected chi connectivity index (χ4v) is 3.06. The molecular formula is C12H22N2O3S. The lowest BCUT2D eigenvalue weighted by molar-refractivity contribution is -0.122. The largest absolute Gasteiger partial charge is 0.355 e. The molecule has 0 aromatic rings. The Morgan fingerprint density at radius 3 is 2.72 bits per heavy atom. The summed E-state index contributed by atoms with van der Waals surface area (Å²) in [5.41, 5.74) is 0. The van der Waals surface area contributed by atoms with Gasteiger partial charge in [-0.05, 0) is 13.3 Å². The van der Waals surface area contributed by atoms with Gasteiger partial charge in [0.05, 0.1) is 11.8 Å². The van der Waals surface area contributed by atoms with E-state index in [2.05, 4.69) is 17.6 Å². The molecule has 0 radical (unpaired) electrons. The zero-order valence-corrected chi connectivity index (χ0v) is 11.8. The van der Waals surface area contributed by atoms with Gasteiger partial charge in [0.2, 0.25) is 5.91 Å². The number of amides is 1. The SMILES string of the molecule is CCCCCNC(=O)C(C)NC1C=CS(=O)(=O)C1. The monoisotopic (exact) mass is 274 g/mol. The van der Waals surface area contributed by atoms with E-state index in [1.807, 2.05) is 0 Å². The molecule has 18 heavy (non-hydrogen) atoms. The molecule has 1 aliphatic heterocycles. The van der Waals surface area contributed by atoms with Crippen molar-refractivity contribution in [3.05, 3.63) is 11.5 Å². The molecule has 0 bridgehead atoms. The van der Waals surface area contributed by atoms with E-state index in [4.69, 9.17) is 0 Å². The molecule has 0 aliphatic carbocycles. The van der Waals surface area contributed by atoms with Gasteiger partial charge >= 0.3 is 0 Å². The first-order chi connectivity index (χ1) is 8.44. The molecule has 0 spiro atoms. The van der Waals surface area contributed by atoms with Crippen LogP contribution in [0.2, 0.25) is 0 Å². The molecule has 0 saturated carbocycles. The minimum Gasteiger partial charge on any atom is -0.355 e. The predicted octanol–water partition coefficient (Wildman–Crippen LogP) is 0.582. The minimum atomic E-state index is -3.07. The molecule has 2 N–H and O–H groups in total. The van der Waals surface area contributed by atoms with E-state index in [-0.39, 0.29) is 23.7 Å². The van der Waals surface area contributed by atoms with Crippen LogP contribution in [0.15, 0.2) is 11.5 Å². The van der Waals surface area contributed by atoms with E-state index in [1.54, 1.807) is 13.0 Å². The van der Waals surface area contributed by atoms with Crippen LogP contribution < -0.4 is 10.6 Å². The van der Waals surface area contributed by atoms with Gasteiger partial charge in [-0.2, -0.15) is 0 Å². The molecule has 6 heteroatoms. The molecule has 0 fully saturated rings. The summed E-state index contributed by atoms with van der Waals surface area (Å²) in [5, 5.41) is 7.04. The van der Waals surface area contributed by atoms with Crippen LogP contribution in [-0.2, 0) is 14.6 Å². The maximum absolute atomic E-state index is 11.7. The maximum Gasteiger partial charge on any atom is 0.236 e. The standard InChI is InChI=1S/C12H22N2O3S/c1-3-4-5-7-13-12(15)10(2)14-11-6-8-18(16,17)9-11/h6,8,10-11,14H,3-5,7,9H2,1-2H3,(H,13,15). The molecule has 1 amide bonds. The highest BCUT2D eigenvalue weighted by Gasteiger charge is 2.24. The highest BCUT2D eigenvalue weighted by molar-refractivity contribution is 7.94. The summed E-state index contributed by atoms with van der Waals surface area (Å²) in [7, 11) is -3.07. The lowest BCUT2D eigenvalue weighted by atomic mass is 10.2. The van der Waals surface area contributed by atoms with E-state index >= 15 is 0 Å². The lowest BCUT2D eigenvalue weighted by Crippen LogP contribution is -2.47. The molecule has 0 aromatic carbocycles. The maximum atomic E-state index is 11.7. The third-order valence-electron chi connectivity index (χ3n) is 2.87. The zero-order valence-electron chi connectivity index (χ0n) is 11.0. The molecular weight excluding hydrogens is 252 g/mol. The van der Waals surface area contributed by atoms with Gasteiger partial charge in [0, 0.05) is 18.0 Å². The van der Waals surface area contributed by atoms with Crippen molar-refractivity contribution in [2.75, 3.05) is 12.3 Å². The number of nitrogens with one attached hydrogen (secondary N) is 2. The number of rotatable bonds is 7. The normalized spacial score (nSPS) is 22.9. The molecule has 1 rings (SSSR count). The quantitative estimate of drug-likeness (QED) is 0.666. The summed E-state index contributed by atoms with van der Waals surface area (Å²) in [4.78, 5) is 11.7. The second-order valence-electron chi connectivity index (χ2n) is 4.65. The fourth-order valence-electron chi connectivity index (χ4n) is 1.82. The summed E-state index contributed by atoms with van der Waals surface area (Å²) in [6.45, 7) is 4.53. The second kappa shape index (κ2) is 6.89. The van der Waals surface area contributed by atoms with Crippen molar-refractivity contribution in [2.45, 2.75) is 45.2 Å². The van der Waals surface area contributed by atoms with Gasteiger partial charge < -0.3 is 5.32 Å². The van der Waals surface area contributed by atoms with Crippen LogP contribution in [0.3, 0.4) is 0 Å². The molecule has 2 unspecified atom stereocenters. The Bertz CT molecular complexity index is 404. The molecule has 0 aromatic heterocycles. The van der Waals surface area contributed by atoms with Crippen LogP contribution in [0.25, 0.3) is 0 Å². The molecule has 104 valence electrons. The van der Waals surface area contributed by atoms with Crippen molar-refractivity contribution in [1.29, 1.82) is 0 Å². The van der Waals surface area contributed by atoms with Crippen molar-refractivity contribution < 1.29 is 13.2 Å². The topological polar surface area (TPSA) is 75.3 Å².